The Labute approximate surface area is 154 Å². The van der Waals surface area contributed by atoms with Gasteiger partial charge in [-0.3, -0.25) is 15.6 Å². The van der Waals surface area contributed by atoms with Crippen molar-refractivity contribution >= 4 is 33.3 Å². The van der Waals surface area contributed by atoms with Gasteiger partial charge in [0.05, 0.1) is 11.7 Å². The summed E-state index contributed by atoms with van der Waals surface area (Å²) in [5.74, 6) is -0.577. The third kappa shape index (κ3) is 5.94. The van der Waals surface area contributed by atoms with Gasteiger partial charge in [0.2, 0.25) is 15.9 Å². The van der Waals surface area contributed by atoms with Gasteiger partial charge in [0, 0.05) is 19.6 Å². The number of rotatable bonds is 5. The largest absolute Gasteiger partial charge is 0.357 e. The summed E-state index contributed by atoms with van der Waals surface area (Å²) in [5, 5.41) is 3.31. The van der Waals surface area contributed by atoms with Crippen LogP contribution in [-0.2, 0) is 21.4 Å². The van der Waals surface area contributed by atoms with E-state index in [0.717, 1.165) is 5.56 Å². The van der Waals surface area contributed by atoms with Crippen molar-refractivity contribution in [3.05, 3.63) is 35.9 Å². The SMILES string of the molecule is CCS(=O)(=O)N1CCCC(C(=O)NNC(=S)NCc2ccccc2)C1. The second-order valence-corrected chi connectivity index (χ2v) is 8.55. The molecule has 3 N–H and O–H groups in total. The predicted molar refractivity (Wildman–Crippen MR) is 101 cm³/mol. The molecule has 1 aromatic carbocycles. The topological polar surface area (TPSA) is 90.5 Å². The van der Waals surface area contributed by atoms with Crippen LogP contribution in [0.15, 0.2) is 30.3 Å². The van der Waals surface area contributed by atoms with Crippen molar-refractivity contribution in [3.8, 4) is 0 Å². The average molecular weight is 385 g/mol. The fraction of sp³-hybridized carbons (Fsp3) is 0.500. The molecule has 25 heavy (non-hydrogen) atoms. The first-order chi connectivity index (χ1) is 11.9. The van der Waals surface area contributed by atoms with Gasteiger partial charge in [-0.15, -0.1) is 0 Å². The number of carbonyl (C=O) groups is 1. The Hall–Kier alpha value is -1.71. The first-order valence-electron chi connectivity index (χ1n) is 8.28. The summed E-state index contributed by atoms with van der Waals surface area (Å²) < 4.78 is 25.3. The summed E-state index contributed by atoms with van der Waals surface area (Å²) in [6.45, 7) is 2.85. The van der Waals surface area contributed by atoms with Crippen molar-refractivity contribution in [1.82, 2.24) is 20.5 Å². The number of carbonyl (C=O) groups excluding carboxylic acids is 1. The van der Waals surface area contributed by atoms with Crippen LogP contribution in [0.25, 0.3) is 0 Å². The molecule has 0 bridgehead atoms. The summed E-state index contributed by atoms with van der Waals surface area (Å²) in [6, 6.07) is 9.76. The minimum atomic E-state index is -3.26. The monoisotopic (exact) mass is 384 g/mol. The molecule has 1 unspecified atom stereocenters. The molecule has 0 aromatic heterocycles. The maximum atomic E-state index is 12.3. The molecule has 0 radical (unpaired) electrons. The third-order valence-corrected chi connectivity index (χ3v) is 6.20. The summed E-state index contributed by atoms with van der Waals surface area (Å²) in [7, 11) is -3.26. The summed E-state index contributed by atoms with van der Waals surface area (Å²) in [4.78, 5) is 12.3. The molecule has 0 spiro atoms. The van der Waals surface area contributed by atoms with Crippen LogP contribution in [0.1, 0.15) is 25.3 Å². The summed E-state index contributed by atoms with van der Waals surface area (Å²) >= 11 is 5.13. The zero-order chi connectivity index (χ0) is 18.3. The number of thiocarbonyl (C=S) groups is 1. The average Bonchev–Trinajstić information content (AvgIpc) is 2.65. The lowest BCUT2D eigenvalue weighted by Gasteiger charge is -2.30. The third-order valence-electron chi connectivity index (χ3n) is 4.11. The number of hydrogen-bond acceptors (Lipinski definition) is 4. The lowest BCUT2D eigenvalue weighted by Crippen LogP contribution is -2.52. The molecule has 1 fully saturated rings. The van der Waals surface area contributed by atoms with Crippen LogP contribution < -0.4 is 16.2 Å². The van der Waals surface area contributed by atoms with Crippen molar-refractivity contribution in [2.45, 2.75) is 26.3 Å². The van der Waals surface area contributed by atoms with E-state index < -0.39 is 10.0 Å². The fourth-order valence-corrected chi connectivity index (χ4v) is 3.94. The van der Waals surface area contributed by atoms with Crippen LogP contribution in [-0.4, -0.2) is 42.6 Å². The van der Waals surface area contributed by atoms with Crippen molar-refractivity contribution in [2.75, 3.05) is 18.8 Å². The second-order valence-electron chi connectivity index (χ2n) is 5.88. The van der Waals surface area contributed by atoms with Crippen LogP contribution in [0.2, 0.25) is 0 Å². The molecule has 1 aromatic rings. The van der Waals surface area contributed by atoms with Crippen LogP contribution >= 0.6 is 12.2 Å². The quantitative estimate of drug-likeness (QED) is 0.513. The van der Waals surface area contributed by atoms with E-state index >= 15 is 0 Å². The van der Waals surface area contributed by atoms with Crippen LogP contribution in [0, 0.1) is 5.92 Å². The number of amides is 1. The van der Waals surface area contributed by atoms with Crippen molar-refractivity contribution < 1.29 is 13.2 Å². The van der Waals surface area contributed by atoms with E-state index in [1.807, 2.05) is 30.3 Å². The maximum absolute atomic E-state index is 12.3. The predicted octanol–water partition coefficient (Wildman–Crippen LogP) is 0.744. The van der Waals surface area contributed by atoms with Gasteiger partial charge in [-0.1, -0.05) is 30.3 Å². The number of nitrogens with zero attached hydrogens (tertiary/aromatic N) is 1. The van der Waals surface area contributed by atoms with E-state index in [0.29, 0.717) is 31.0 Å². The van der Waals surface area contributed by atoms with Crippen molar-refractivity contribution in [2.24, 2.45) is 5.92 Å². The molecular formula is C16H24N4O3S2. The molecule has 1 aliphatic heterocycles. The van der Waals surface area contributed by atoms with Gasteiger partial charge in [0.25, 0.3) is 0 Å². The molecule has 138 valence electrons. The number of hydrogen-bond donors (Lipinski definition) is 3. The molecule has 1 amide bonds. The zero-order valence-electron chi connectivity index (χ0n) is 14.2. The summed E-state index contributed by atoms with van der Waals surface area (Å²) in [5.41, 5.74) is 6.31. The van der Waals surface area contributed by atoms with E-state index in [1.54, 1.807) is 6.92 Å². The molecule has 2 rings (SSSR count). The maximum Gasteiger partial charge on any atom is 0.242 e. The Morgan fingerprint density at radius 2 is 2.00 bits per heavy atom. The second kappa shape index (κ2) is 9.12. The molecule has 0 saturated carbocycles. The minimum Gasteiger partial charge on any atom is -0.357 e. The Morgan fingerprint density at radius 3 is 2.68 bits per heavy atom. The molecule has 0 aliphatic carbocycles. The first kappa shape index (κ1) is 19.6. The van der Waals surface area contributed by atoms with E-state index in [4.69, 9.17) is 12.2 Å². The van der Waals surface area contributed by atoms with Crippen LogP contribution in [0.4, 0.5) is 0 Å². The van der Waals surface area contributed by atoms with E-state index in [9.17, 15) is 13.2 Å². The Kier molecular flexibility index (Phi) is 7.15. The van der Waals surface area contributed by atoms with Gasteiger partial charge in [-0.2, -0.15) is 0 Å². The lowest BCUT2D eigenvalue weighted by atomic mass is 9.99. The number of benzene rings is 1. The van der Waals surface area contributed by atoms with E-state index in [-0.39, 0.29) is 24.1 Å². The molecule has 9 heteroatoms. The lowest BCUT2D eigenvalue weighted by molar-refractivity contribution is -0.126. The number of hydrazine groups is 1. The zero-order valence-corrected chi connectivity index (χ0v) is 15.8. The Morgan fingerprint density at radius 1 is 1.28 bits per heavy atom. The Bertz CT molecular complexity index is 695. The number of nitrogens with one attached hydrogen (secondary N) is 3. The molecule has 1 saturated heterocycles. The first-order valence-corrected chi connectivity index (χ1v) is 10.3. The fourth-order valence-electron chi connectivity index (χ4n) is 2.63. The van der Waals surface area contributed by atoms with Gasteiger partial charge in [-0.25, -0.2) is 12.7 Å². The molecule has 1 heterocycles. The smallest absolute Gasteiger partial charge is 0.242 e. The van der Waals surface area contributed by atoms with Crippen LogP contribution in [0.5, 0.6) is 0 Å². The molecule has 7 nitrogen and oxygen atoms in total. The van der Waals surface area contributed by atoms with Crippen molar-refractivity contribution in [1.29, 1.82) is 0 Å². The van der Waals surface area contributed by atoms with E-state index in [2.05, 4.69) is 16.2 Å². The normalized spacial score (nSPS) is 18.4. The standard InChI is InChI=1S/C16H24N4O3S2/c1-2-25(22,23)20-10-6-9-14(12-20)15(21)18-19-16(24)17-11-13-7-4-3-5-8-13/h3-5,7-8,14H,2,6,9-12H2,1H3,(H,18,21)(H2,17,19,24). The van der Waals surface area contributed by atoms with E-state index in [1.165, 1.54) is 4.31 Å². The minimum absolute atomic E-state index is 0.0487. The highest BCUT2D eigenvalue weighted by molar-refractivity contribution is 7.89. The number of sulfonamides is 1. The van der Waals surface area contributed by atoms with Gasteiger partial charge in [0.1, 0.15) is 0 Å². The van der Waals surface area contributed by atoms with Gasteiger partial charge >= 0.3 is 0 Å². The molecule has 1 aliphatic rings. The highest BCUT2D eigenvalue weighted by atomic mass is 32.2. The highest BCUT2D eigenvalue weighted by Crippen LogP contribution is 2.19. The number of piperidine rings is 1. The van der Waals surface area contributed by atoms with Crippen molar-refractivity contribution in [3.63, 3.8) is 0 Å². The van der Waals surface area contributed by atoms with Gasteiger partial charge < -0.3 is 5.32 Å². The molecular weight excluding hydrogens is 360 g/mol. The highest BCUT2D eigenvalue weighted by Gasteiger charge is 2.31. The van der Waals surface area contributed by atoms with Gasteiger partial charge in [-0.05, 0) is 37.5 Å². The van der Waals surface area contributed by atoms with Gasteiger partial charge in [0.15, 0.2) is 5.11 Å². The van der Waals surface area contributed by atoms with Crippen LogP contribution in [0.3, 0.4) is 0 Å². The summed E-state index contributed by atoms with van der Waals surface area (Å²) in [6.07, 6.45) is 1.33. The molecule has 1 atom stereocenters. The Balaban J connectivity index is 1.76.